The van der Waals surface area contributed by atoms with Crippen molar-refractivity contribution in [3.63, 3.8) is 0 Å². The van der Waals surface area contributed by atoms with Gasteiger partial charge in [0.2, 0.25) is 5.91 Å². The molecule has 0 spiro atoms. The lowest BCUT2D eigenvalue weighted by Gasteiger charge is -2.08. The first kappa shape index (κ1) is 32.3. The van der Waals surface area contributed by atoms with Crippen LogP contribution in [-0.4, -0.2) is 58.5 Å². The predicted octanol–water partition coefficient (Wildman–Crippen LogP) is 4.49. The number of nitrogens with one attached hydrogen (secondary N) is 1. The highest BCUT2D eigenvalue weighted by Crippen LogP contribution is 2.13. The lowest BCUT2D eigenvalue weighted by molar-refractivity contribution is -0.147. The Kier molecular flexibility index (Phi) is 22.0. The summed E-state index contributed by atoms with van der Waals surface area (Å²) in [6.07, 6.45) is 19.8. The van der Waals surface area contributed by atoms with Crippen molar-refractivity contribution in [2.75, 3.05) is 13.2 Å². The quantitative estimate of drug-likeness (QED) is 0.147. The Bertz CT molecular complexity index is 527. The molecule has 2 atom stereocenters. The number of unbranched alkanes of at least 4 members (excludes halogenated alkanes) is 14. The number of aliphatic hydroxyl groups is 2. The lowest BCUT2D eigenvalue weighted by atomic mass is 10.0. The average Bonchev–Trinajstić information content (AvgIpc) is 3.27. The van der Waals surface area contributed by atoms with Gasteiger partial charge in [0.1, 0.15) is 18.8 Å². The zero-order chi connectivity index (χ0) is 25.4. The van der Waals surface area contributed by atoms with Gasteiger partial charge in [0.25, 0.3) is 0 Å². The van der Waals surface area contributed by atoms with E-state index in [-0.39, 0.29) is 25.1 Å². The second-order valence-corrected chi connectivity index (χ2v) is 9.22. The van der Waals surface area contributed by atoms with Crippen LogP contribution in [0.5, 0.6) is 0 Å². The van der Waals surface area contributed by atoms with Gasteiger partial charge in [-0.05, 0) is 12.8 Å². The van der Waals surface area contributed by atoms with E-state index in [1.165, 1.54) is 83.5 Å². The van der Waals surface area contributed by atoms with E-state index in [4.69, 9.17) is 20.1 Å². The third kappa shape index (κ3) is 20.9. The van der Waals surface area contributed by atoms with Gasteiger partial charge in [-0.2, -0.15) is 0 Å². The fraction of sp³-hybridized carbons (Fsp3) is 0.885. The topological polar surface area (TPSA) is 133 Å². The van der Waals surface area contributed by atoms with Crippen molar-refractivity contribution in [3.8, 4) is 0 Å². The van der Waals surface area contributed by atoms with Crippen LogP contribution in [0.2, 0.25) is 0 Å². The summed E-state index contributed by atoms with van der Waals surface area (Å²) in [6, 6.07) is -0.641. The third-order valence-electron chi connectivity index (χ3n) is 5.93. The molecule has 8 heteroatoms. The molecule has 200 valence electrons. The number of rotatable bonds is 20. The standard InChI is InChI=1S/C21H42O4.C5H7NO3/c1-2-3-4-5-6-7-8-9-10-11-12-13-14-15-16-17-21(24)25-19-20(23)18-22;7-4-2-1-3(6-4)5(8)9/h20,22-23H,2-19H2,1H3;3H,1-2H2,(H,6,7)(H,8,9)/t;3-/m.0/s1. The summed E-state index contributed by atoms with van der Waals surface area (Å²) in [5.41, 5.74) is 0. The molecule has 34 heavy (non-hydrogen) atoms. The number of carbonyl (C=O) groups excluding carboxylic acids is 2. The number of hydrogen-bond donors (Lipinski definition) is 4. The molecule has 0 aromatic heterocycles. The summed E-state index contributed by atoms with van der Waals surface area (Å²) in [4.78, 5) is 31.9. The minimum Gasteiger partial charge on any atom is -0.480 e. The molecular formula is C26H49NO7. The van der Waals surface area contributed by atoms with E-state index in [9.17, 15) is 14.4 Å². The highest BCUT2D eigenvalue weighted by atomic mass is 16.5. The zero-order valence-electron chi connectivity index (χ0n) is 21.3. The van der Waals surface area contributed by atoms with Crippen molar-refractivity contribution in [2.45, 2.75) is 135 Å². The van der Waals surface area contributed by atoms with E-state index in [0.29, 0.717) is 19.3 Å². The SMILES string of the molecule is CCCCCCCCCCCCCCCCCC(=O)OCC(O)CO.O=C1CC[C@@H](C(=O)O)N1. The Labute approximate surface area is 205 Å². The van der Waals surface area contributed by atoms with E-state index in [0.717, 1.165) is 12.8 Å². The summed E-state index contributed by atoms with van der Waals surface area (Å²) in [6.45, 7) is 1.79. The van der Waals surface area contributed by atoms with Gasteiger partial charge in [-0.25, -0.2) is 4.79 Å². The van der Waals surface area contributed by atoms with Gasteiger partial charge in [-0.15, -0.1) is 0 Å². The maximum atomic E-state index is 11.4. The van der Waals surface area contributed by atoms with Gasteiger partial charge in [-0.3, -0.25) is 9.59 Å². The molecule has 1 fully saturated rings. The van der Waals surface area contributed by atoms with Crippen LogP contribution in [0.15, 0.2) is 0 Å². The monoisotopic (exact) mass is 487 g/mol. The maximum absolute atomic E-state index is 11.4. The molecule has 0 bridgehead atoms. The lowest BCUT2D eigenvalue weighted by Crippen LogP contribution is -2.32. The van der Waals surface area contributed by atoms with Crippen LogP contribution < -0.4 is 5.32 Å². The second kappa shape index (κ2) is 23.1. The molecule has 1 unspecified atom stereocenters. The predicted molar refractivity (Wildman–Crippen MR) is 132 cm³/mol. The highest BCUT2D eigenvalue weighted by molar-refractivity contribution is 5.87. The fourth-order valence-corrected chi connectivity index (χ4v) is 3.75. The van der Waals surface area contributed by atoms with Crippen molar-refractivity contribution >= 4 is 17.8 Å². The average molecular weight is 488 g/mol. The van der Waals surface area contributed by atoms with Crippen molar-refractivity contribution in [2.24, 2.45) is 0 Å². The van der Waals surface area contributed by atoms with Gasteiger partial charge in [0.15, 0.2) is 0 Å². The Morgan fingerprint density at radius 1 is 0.912 bits per heavy atom. The molecule has 1 heterocycles. The van der Waals surface area contributed by atoms with E-state index >= 15 is 0 Å². The van der Waals surface area contributed by atoms with Crippen molar-refractivity contribution < 1.29 is 34.4 Å². The van der Waals surface area contributed by atoms with Crippen LogP contribution in [0.3, 0.4) is 0 Å². The number of carbonyl (C=O) groups is 3. The molecule has 0 aliphatic carbocycles. The first-order valence-corrected chi connectivity index (χ1v) is 13.4. The number of carboxylic acids is 1. The summed E-state index contributed by atoms with van der Waals surface area (Å²) in [5.74, 6) is -1.38. The van der Waals surface area contributed by atoms with Crippen LogP contribution in [-0.2, 0) is 19.1 Å². The van der Waals surface area contributed by atoms with Gasteiger partial charge in [-0.1, -0.05) is 96.8 Å². The summed E-state index contributed by atoms with van der Waals surface area (Å²) in [5, 5.41) is 28.3. The first-order valence-electron chi connectivity index (χ1n) is 13.4. The summed E-state index contributed by atoms with van der Waals surface area (Å²) < 4.78 is 4.86. The molecule has 8 nitrogen and oxygen atoms in total. The summed E-state index contributed by atoms with van der Waals surface area (Å²) in [7, 11) is 0. The molecule has 1 amide bonds. The molecule has 0 radical (unpaired) electrons. The van der Waals surface area contributed by atoms with E-state index in [2.05, 4.69) is 12.2 Å². The van der Waals surface area contributed by atoms with Crippen molar-refractivity contribution in [3.05, 3.63) is 0 Å². The number of aliphatic carboxylic acids is 1. The number of hydrogen-bond acceptors (Lipinski definition) is 6. The fourth-order valence-electron chi connectivity index (χ4n) is 3.75. The van der Waals surface area contributed by atoms with E-state index in [1.807, 2.05) is 0 Å². The molecule has 0 aromatic carbocycles. The second-order valence-electron chi connectivity index (χ2n) is 9.22. The Morgan fingerprint density at radius 3 is 1.74 bits per heavy atom. The molecule has 1 rings (SSSR count). The van der Waals surface area contributed by atoms with E-state index in [1.54, 1.807) is 0 Å². The van der Waals surface area contributed by atoms with Gasteiger partial charge in [0, 0.05) is 12.8 Å². The minimum atomic E-state index is -0.954. The van der Waals surface area contributed by atoms with Gasteiger partial charge >= 0.3 is 11.9 Å². The van der Waals surface area contributed by atoms with Crippen molar-refractivity contribution in [1.29, 1.82) is 0 Å². The van der Waals surface area contributed by atoms with Crippen LogP contribution in [0.4, 0.5) is 0 Å². The van der Waals surface area contributed by atoms with Crippen LogP contribution in [0.25, 0.3) is 0 Å². The number of aliphatic hydroxyl groups excluding tert-OH is 2. The zero-order valence-corrected chi connectivity index (χ0v) is 21.3. The molecule has 1 saturated heterocycles. The van der Waals surface area contributed by atoms with Crippen LogP contribution in [0, 0.1) is 0 Å². The normalized spacial score (nSPS) is 15.9. The Hall–Kier alpha value is -1.67. The summed E-state index contributed by atoms with van der Waals surface area (Å²) >= 11 is 0. The molecule has 0 saturated carbocycles. The Balaban J connectivity index is 0.000000999. The third-order valence-corrected chi connectivity index (χ3v) is 5.93. The molecule has 1 aliphatic heterocycles. The van der Waals surface area contributed by atoms with Crippen LogP contribution >= 0.6 is 0 Å². The highest BCUT2D eigenvalue weighted by Gasteiger charge is 2.26. The number of carboxylic acid groups (broad SMARTS) is 1. The molecule has 4 N–H and O–H groups in total. The molecule has 0 aromatic rings. The van der Waals surface area contributed by atoms with Crippen LogP contribution in [0.1, 0.15) is 122 Å². The minimum absolute atomic E-state index is 0.103. The molecule has 1 aliphatic rings. The Morgan fingerprint density at radius 2 is 1.38 bits per heavy atom. The van der Waals surface area contributed by atoms with Gasteiger partial charge in [0.05, 0.1) is 6.61 Å². The largest absolute Gasteiger partial charge is 0.480 e. The van der Waals surface area contributed by atoms with E-state index < -0.39 is 18.1 Å². The maximum Gasteiger partial charge on any atom is 0.326 e. The number of amides is 1. The molecular weight excluding hydrogens is 438 g/mol. The first-order chi connectivity index (χ1) is 16.4. The van der Waals surface area contributed by atoms with Crippen molar-refractivity contribution in [1.82, 2.24) is 5.32 Å². The number of ether oxygens (including phenoxy) is 1. The smallest absolute Gasteiger partial charge is 0.326 e. The number of esters is 1. The van der Waals surface area contributed by atoms with Gasteiger partial charge < -0.3 is 25.4 Å².